The first-order chi connectivity index (χ1) is 11.2. The summed E-state index contributed by atoms with van der Waals surface area (Å²) in [5.74, 6) is 0. The third kappa shape index (κ3) is 1.56. The van der Waals surface area contributed by atoms with E-state index < -0.39 is 11.3 Å². The molecule has 0 radical (unpaired) electrons. The summed E-state index contributed by atoms with van der Waals surface area (Å²) >= 11 is 0. The topological polar surface area (TPSA) is 73.6 Å². The van der Waals surface area contributed by atoms with E-state index in [1.807, 2.05) is 24.3 Å². The fraction of sp³-hybridized carbons (Fsp3) is 0. The van der Waals surface area contributed by atoms with Gasteiger partial charge < -0.3 is 13.3 Å². The molecule has 0 bridgehead atoms. The van der Waals surface area contributed by atoms with Crippen LogP contribution in [-0.4, -0.2) is 0 Å². The third-order valence-corrected chi connectivity index (χ3v) is 4.01. The van der Waals surface area contributed by atoms with Gasteiger partial charge in [-0.25, -0.2) is 9.59 Å². The predicted octanol–water partition coefficient (Wildman–Crippen LogP) is 3.80. The summed E-state index contributed by atoms with van der Waals surface area (Å²) in [6.07, 6.45) is 0. The molecule has 0 atom stereocenters. The summed E-state index contributed by atoms with van der Waals surface area (Å²) in [6, 6.07) is 14.1. The van der Waals surface area contributed by atoms with Crippen LogP contribution in [0.1, 0.15) is 0 Å². The number of benzene rings is 3. The lowest BCUT2D eigenvalue weighted by Gasteiger charge is -2.05. The van der Waals surface area contributed by atoms with Crippen LogP contribution in [0.25, 0.3) is 43.9 Å². The minimum atomic E-state index is -0.632. The minimum absolute atomic E-state index is 0.276. The van der Waals surface area contributed by atoms with E-state index in [9.17, 15) is 9.59 Å². The Bertz CT molecular complexity index is 1350. The highest BCUT2D eigenvalue weighted by Crippen LogP contribution is 2.31. The minimum Gasteiger partial charge on any atom is -0.449 e. The third-order valence-electron chi connectivity index (χ3n) is 4.01. The number of fused-ring (bicyclic) bond motifs is 6. The van der Waals surface area contributed by atoms with Crippen molar-refractivity contribution < 1.29 is 13.3 Å². The lowest BCUT2D eigenvalue weighted by molar-refractivity contribution is 0.500. The Hall–Kier alpha value is -3.34. The van der Waals surface area contributed by atoms with Crippen LogP contribution in [0.5, 0.6) is 0 Å². The first-order valence-corrected chi connectivity index (χ1v) is 7.03. The van der Waals surface area contributed by atoms with Crippen LogP contribution in [0.15, 0.2) is 71.4 Å². The number of furan rings is 1. The molecule has 0 aliphatic carbocycles. The lowest BCUT2D eigenvalue weighted by Crippen LogP contribution is -1.94. The van der Waals surface area contributed by atoms with Gasteiger partial charge in [0, 0.05) is 10.8 Å². The van der Waals surface area contributed by atoms with Crippen LogP contribution in [-0.2, 0) is 0 Å². The average Bonchev–Trinajstić information content (AvgIpc) is 2.87. The SMILES string of the molecule is O=c1oc(=O)c2c1ccc1c2ccc2oc3ccccc3oc21. The van der Waals surface area contributed by atoms with E-state index in [1.165, 1.54) is 0 Å². The Morgan fingerprint density at radius 1 is 0.565 bits per heavy atom. The zero-order valence-electron chi connectivity index (χ0n) is 11.7. The molecule has 0 aliphatic rings. The molecule has 2 aromatic heterocycles. The largest absolute Gasteiger partial charge is 0.449 e. The maximum atomic E-state index is 11.9. The van der Waals surface area contributed by atoms with E-state index in [4.69, 9.17) is 13.3 Å². The molecule has 5 heteroatoms. The summed E-state index contributed by atoms with van der Waals surface area (Å²) in [4.78, 5) is 23.6. The van der Waals surface area contributed by atoms with Crippen molar-refractivity contribution in [1.29, 1.82) is 0 Å². The Labute approximate surface area is 127 Å². The molecule has 0 unspecified atom stereocenters. The molecule has 0 spiro atoms. The molecule has 5 aromatic rings. The highest BCUT2D eigenvalue weighted by Gasteiger charge is 2.15. The van der Waals surface area contributed by atoms with Crippen LogP contribution in [0, 0.1) is 0 Å². The Morgan fingerprint density at radius 2 is 1.26 bits per heavy atom. The molecule has 3 aromatic carbocycles. The van der Waals surface area contributed by atoms with Crippen LogP contribution < -0.4 is 11.3 Å². The van der Waals surface area contributed by atoms with E-state index >= 15 is 0 Å². The first-order valence-electron chi connectivity index (χ1n) is 7.03. The Kier molecular flexibility index (Phi) is 2.18. The molecule has 0 fully saturated rings. The molecule has 0 saturated heterocycles. The van der Waals surface area contributed by atoms with Gasteiger partial charge in [-0.15, -0.1) is 0 Å². The van der Waals surface area contributed by atoms with Crippen LogP contribution in [0.3, 0.4) is 0 Å². The standard InChI is InChI=1S/C18H8O5/c19-17-11-6-5-10-9(15(11)18(20)23-17)7-8-14-16(10)22-13-4-2-1-3-12(13)21-14/h1-8H. The fourth-order valence-corrected chi connectivity index (χ4v) is 2.97. The molecule has 110 valence electrons. The molecule has 5 rings (SSSR count). The van der Waals surface area contributed by atoms with Gasteiger partial charge in [-0.1, -0.05) is 12.1 Å². The van der Waals surface area contributed by atoms with Crippen LogP contribution >= 0.6 is 0 Å². The molecule has 0 N–H and O–H groups in total. The maximum absolute atomic E-state index is 11.9. The molecule has 23 heavy (non-hydrogen) atoms. The van der Waals surface area contributed by atoms with Gasteiger partial charge in [-0.05, 0) is 36.4 Å². The lowest BCUT2D eigenvalue weighted by atomic mass is 10.0. The first kappa shape index (κ1) is 12.2. The van der Waals surface area contributed by atoms with Gasteiger partial charge in [0.1, 0.15) is 0 Å². The maximum Gasteiger partial charge on any atom is 0.347 e. The summed E-state index contributed by atoms with van der Waals surface area (Å²) in [5.41, 5.74) is 1.08. The summed E-state index contributed by atoms with van der Waals surface area (Å²) in [5, 5.41) is 1.86. The molecular formula is C18H8O5. The van der Waals surface area contributed by atoms with Gasteiger partial charge in [0.05, 0.1) is 10.8 Å². The highest BCUT2D eigenvalue weighted by molar-refractivity contribution is 6.14. The Balaban J connectivity index is 2.07. The van der Waals surface area contributed by atoms with E-state index in [1.54, 1.807) is 24.3 Å². The quantitative estimate of drug-likeness (QED) is 0.321. The van der Waals surface area contributed by atoms with Gasteiger partial charge in [0.25, 0.3) is 0 Å². The van der Waals surface area contributed by atoms with Crippen LogP contribution in [0.2, 0.25) is 0 Å². The number of rotatable bonds is 0. The van der Waals surface area contributed by atoms with Crippen molar-refractivity contribution in [1.82, 2.24) is 0 Å². The number of hydrogen-bond acceptors (Lipinski definition) is 5. The second-order valence-electron chi connectivity index (χ2n) is 5.30. The summed E-state index contributed by atoms with van der Waals surface area (Å²) in [6.45, 7) is 0. The van der Waals surface area contributed by atoms with Gasteiger partial charge in [0.2, 0.25) is 0 Å². The van der Waals surface area contributed by atoms with Gasteiger partial charge in [-0.2, -0.15) is 0 Å². The number of para-hydroxylation sites is 2. The second-order valence-corrected chi connectivity index (χ2v) is 5.30. The van der Waals surface area contributed by atoms with E-state index in [-0.39, 0.29) is 10.8 Å². The van der Waals surface area contributed by atoms with Crippen molar-refractivity contribution in [2.45, 2.75) is 0 Å². The summed E-state index contributed by atoms with van der Waals surface area (Å²) in [7, 11) is 0. The van der Waals surface area contributed by atoms with Crippen molar-refractivity contribution in [3.8, 4) is 0 Å². The van der Waals surface area contributed by atoms with Crippen molar-refractivity contribution in [3.05, 3.63) is 69.4 Å². The highest BCUT2D eigenvalue weighted by atomic mass is 16.4. The zero-order chi connectivity index (χ0) is 15.6. The van der Waals surface area contributed by atoms with Crippen molar-refractivity contribution in [2.24, 2.45) is 0 Å². The summed E-state index contributed by atoms with van der Waals surface area (Å²) < 4.78 is 16.5. The van der Waals surface area contributed by atoms with E-state index in [2.05, 4.69) is 0 Å². The molecule has 0 amide bonds. The van der Waals surface area contributed by atoms with Crippen molar-refractivity contribution in [2.75, 3.05) is 0 Å². The molecule has 5 nitrogen and oxygen atoms in total. The fourth-order valence-electron chi connectivity index (χ4n) is 2.97. The Morgan fingerprint density at radius 3 is 2.09 bits per heavy atom. The number of hydrogen-bond donors (Lipinski definition) is 0. The van der Waals surface area contributed by atoms with E-state index in [0.29, 0.717) is 33.1 Å². The van der Waals surface area contributed by atoms with E-state index in [0.717, 1.165) is 0 Å². The average molecular weight is 304 g/mol. The molecule has 0 saturated carbocycles. The van der Waals surface area contributed by atoms with Crippen molar-refractivity contribution >= 4 is 43.9 Å². The van der Waals surface area contributed by atoms with Gasteiger partial charge in [-0.3, -0.25) is 0 Å². The molecule has 0 aliphatic heterocycles. The van der Waals surface area contributed by atoms with Gasteiger partial charge >= 0.3 is 11.3 Å². The molecular weight excluding hydrogens is 296 g/mol. The van der Waals surface area contributed by atoms with Crippen molar-refractivity contribution in [3.63, 3.8) is 0 Å². The van der Waals surface area contributed by atoms with Gasteiger partial charge in [0.15, 0.2) is 22.3 Å². The zero-order valence-corrected chi connectivity index (χ0v) is 11.7. The molecule has 2 heterocycles. The normalized spacial score (nSPS) is 11.8. The second kappa shape index (κ2) is 4.10. The predicted molar refractivity (Wildman–Crippen MR) is 85.8 cm³/mol. The monoisotopic (exact) mass is 304 g/mol. The van der Waals surface area contributed by atoms with Crippen LogP contribution in [0.4, 0.5) is 0 Å². The smallest absolute Gasteiger partial charge is 0.347 e.